The SMILES string of the molecule is O=C(CC1CCCO1)N1C[C@@H]2CN(c3cccc4c3cnn4-c3ccccc3F)C(=O)[C@@H]2C1. The van der Waals surface area contributed by atoms with E-state index in [2.05, 4.69) is 5.10 Å². The van der Waals surface area contributed by atoms with Crippen molar-refractivity contribution in [1.29, 1.82) is 0 Å². The van der Waals surface area contributed by atoms with Crippen LogP contribution < -0.4 is 4.90 Å². The normalized spacial score (nSPS) is 24.8. The van der Waals surface area contributed by atoms with Gasteiger partial charge in [0.1, 0.15) is 11.5 Å². The summed E-state index contributed by atoms with van der Waals surface area (Å²) in [7, 11) is 0. The predicted octanol–water partition coefficient (Wildman–Crippen LogP) is 3.15. The van der Waals surface area contributed by atoms with Gasteiger partial charge in [0.25, 0.3) is 0 Å². The Morgan fingerprint density at radius 3 is 2.73 bits per heavy atom. The van der Waals surface area contributed by atoms with Crippen molar-refractivity contribution in [1.82, 2.24) is 14.7 Å². The minimum atomic E-state index is -0.354. The number of benzene rings is 2. The molecule has 3 fully saturated rings. The number of carbonyl (C=O) groups is 2. The first-order chi connectivity index (χ1) is 16.1. The highest BCUT2D eigenvalue weighted by Gasteiger charge is 2.48. The summed E-state index contributed by atoms with van der Waals surface area (Å²) >= 11 is 0. The lowest BCUT2D eigenvalue weighted by atomic mass is 10.0. The van der Waals surface area contributed by atoms with Crippen molar-refractivity contribution in [2.75, 3.05) is 31.1 Å². The number of rotatable bonds is 4. The Morgan fingerprint density at radius 2 is 1.94 bits per heavy atom. The van der Waals surface area contributed by atoms with Gasteiger partial charge in [-0.15, -0.1) is 0 Å². The quantitative estimate of drug-likeness (QED) is 0.615. The van der Waals surface area contributed by atoms with Crippen LogP contribution in [-0.2, 0) is 14.3 Å². The highest BCUT2D eigenvalue weighted by atomic mass is 19.1. The van der Waals surface area contributed by atoms with Gasteiger partial charge < -0.3 is 14.5 Å². The van der Waals surface area contributed by atoms with Gasteiger partial charge in [-0.05, 0) is 37.1 Å². The number of hydrogen-bond acceptors (Lipinski definition) is 4. The maximum atomic E-state index is 14.4. The fraction of sp³-hybridized carbons (Fsp3) is 0.400. The minimum Gasteiger partial charge on any atom is -0.378 e. The molecule has 7 nitrogen and oxygen atoms in total. The molecule has 3 saturated heterocycles. The second kappa shape index (κ2) is 7.95. The molecular formula is C25H25FN4O3. The van der Waals surface area contributed by atoms with Crippen LogP contribution in [0.5, 0.6) is 0 Å². The third-order valence-electron chi connectivity index (χ3n) is 7.18. The van der Waals surface area contributed by atoms with Crippen LogP contribution in [0.15, 0.2) is 48.7 Å². The number of amides is 2. The van der Waals surface area contributed by atoms with Crippen molar-refractivity contribution in [3.05, 3.63) is 54.5 Å². The molecule has 4 heterocycles. The van der Waals surface area contributed by atoms with E-state index in [1.807, 2.05) is 28.0 Å². The van der Waals surface area contributed by atoms with Crippen LogP contribution in [0.25, 0.3) is 16.6 Å². The summed E-state index contributed by atoms with van der Waals surface area (Å²) in [5, 5.41) is 5.22. The average Bonchev–Trinajstić information content (AvgIpc) is 3.59. The average molecular weight is 448 g/mol. The summed E-state index contributed by atoms with van der Waals surface area (Å²) in [6.45, 7) is 2.37. The van der Waals surface area contributed by atoms with Gasteiger partial charge in [0.2, 0.25) is 11.8 Å². The number of nitrogens with zero attached hydrogens (tertiary/aromatic N) is 4. The van der Waals surface area contributed by atoms with Gasteiger partial charge in [0.05, 0.1) is 35.8 Å². The van der Waals surface area contributed by atoms with Gasteiger partial charge in [-0.2, -0.15) is 5.10 Å². The number of hydrogen-bond donors (Lipinski definition) is 0. The fourth-order valence-electron chi connectivity index (χ4n) is 5.50. The standard InChI is InChI=1S/C25H25FN4O3/c26-20-6-1-2-7-23(20)30-22-9-3-8-21(18(22)12-27-30)29-14-16-13-28(15-19(16)25(29)32)24(31)11-17-5-4-10-33-17/h1-3,6-9,12,16-17,19H,4-5,10-11,13-15H2/t16-,17?,19-/m1/s1. The number of fused-ring (bicyclic) bond motifs is 2. The molecule has 3 aromatic rings. The van der Waals surface area contributed by atoms with Crippen molar-refractivity contribution >= 4 is 28.4 Å². The minimum absolute atomic E-state index is 0.0220. The number of aromatic nitrogens is 2. The van der Waals surface area contributed by atoms with Crippen LogP contribution in [0, 0.1) is 17.7 Å². The van der Waals surface area contributed by atoms with Gasteiger partial charge in [0, 0.05) is 37.5 Å². The maximum absolute atomic E-state index is 14.4. The van der Waals surface area contributed by atoms with E-state index in [-0.39, 0.29) is 35.6 Å². The molecule has 33 heavy (non-hydrogen) atoms. The van der Waals surface area contributed by atoms with Crippen molar-refractivity contribution in [2.24, 2.45) is 11.8 Å². The highest BCUT2D eigenvalue weighted by molar-refractivity contribution is 6.05. The van der Waals surface area contributed by atoms with E-state index < -0.39 is 0 Å². The maximum Gasteiger partial charge on any atom is 0.232 e. The van der Waals surface area contributed by atoms with Crippen molar-refractivity contribution in [2.45, 2.75) is 25.4 Å². The van der Waals surface area contributed by atoms with Gasteiger partial charge in [0.15, 0.2) is 0 Å². The van der Waals surface area contributed by atoms with Gasteiger partial charge in [-0.1, -0.05) is 18.2 Å². The summed E-state index contributed by atoms with van der Waals surface area (Å²) in [5.41, 5.74) is 1.90. The Hall–Kier alpha value is -3.26. The second-order valence-corrected chi connectivity index (χ2v) is 9.17. The molecule has 0 radical (unpaired) electrons. The fourth-order valence-corrected chi connectivity index (χ4v) is 5.50. The first kappa shape index (κ1) is 20.4. The monoisotopic (exact) mass is 448 g/mol. The van der Waals surface area contributed by atoms with E-state index in [1.165, 1.54) is 6.07 Å². The van der Waals surface area contributed by atoms with E-state index >= 15 is 0 Å². The van der Waals surface area contributed by atoms with E-state index in [0.717, 1.165) is 36.0 Å². The molecule has 1 unspecified atom stereocenters. The van der Waals surface area contributed by atoms with Gasteiger partial charge in [-0.3, -0.25) is 9.59 Å². The summed E-state index contributed by atoms with van der Waals surface area (Å²) in [6.07, 6.45) is 4.06. The molecule has 0 bridgehead atoms. The molecular weight excluding hydrogens is 423 g/mol. The highest BCUT2D eigenvalue weighted by Crippen LogP contribution is 2.38. The number of ether oxygens (including phenoxy) is 1. The van der Waals surface area contributed by atoms with Crippen molar-refractivity contribution in [3.8, 4) is 5.69 Å². The van der Waals surface area contributed by atoms with Crippen LogP contribution >= 0.6 is 0 Å². The topological polar surface area (TPSA) is 67.7 Å². The number of anilines is 1. The van der Waals surface area contributed by atoms with Crippen LogP contribution in [0.4, 0.5) is 10.1 Å². The smallest absolute Gasteiger partial charge is 0.232 e. The molecule has 6 rings (SSSR count). The molecule has 3 aliphatic heterocycles. The molecule has 3 aliphatic rings. The third kappa shape index (κ3) is 3.40. The number of para-hydroxylation sites is 1. The molecule has 3 atom stereocenters. The van der Waals surface area contributed by atoms with Gasteiger partial charge in [-0.25, -0.2) is 9.07 Å². The second-order valence-electron chi connectivity index (χ2n) is 9.17. The van der Waals surface area contributed by atoms with Gasteiger partial charge >= 0.3 is 0 Å². The summed E-state index contributed by atoms with van der Waals surface area (Å²) in [5.74, 6) is -0.298. The predicted molar refractivity (Wildman–Crippen MR) is 121 cm³/mol. The molecule has 2 aromatic carbocycles. The Balaban J connectivity index is 1.23. The molecule has 0 N–H and O–H groups in total. The number of carbonyl (C=O) groups excluding carboxylic acids is 2. The Morgan fingerprint density at radius 1 is 1.09 bits per heavy atom. The van der Waals surface area contributed by atoms with Crippen LogP contribution in [0.3, 0.4) is 0 Å². The molecule has 2 amide bonds. The molecule has 0 aliphatic carbocycles. The lowest BCUT2D eigenvalue weighted by molar-refractivity contribution is -0.132. The van der Waals surface area contributed by atoms with E-state index in [1.54, 1.807) is 29.1 Å². The lowest BCUT2D eigenvalue weighted by Crippen LogP contribution is -2.36. The summed E-state index contributed by atoms with van der Waals surface area (Å²) in [6, 6.07) is 12.2. The van der Waals surface area contributed by atoms with Crippen LogP contribution in [0.1, 0.15) is 19.3 Å². The van der Waals surface area contributed by atoms with Crippen LogP contribution in [0.2, 0.25) is 0 Å². The van der Waals surface area contributed by atoms with Crippen LogP contribution in [-0.4, -0.2) is 58.8 Å². The lowest BCUT2D eigenvalue weighted by Gasteiger charge is -2.23. The zero-order chi connectivity index (χ0) is 22.5. The number of halogens is 1. The third-order valence-corrected chi connectivity index (χ3v) is 7.18. The molecule has 0 spiro atoms. The molecule has 0 saturated carbocycles. The summed E-state index contributed by atoms with van der Waals surface area (Å²) in [4.78, 5) is 29.7. The van der Waals surface area contributed by atoms with E-state index in [4.69, 9.17) is 4.74 Å². The first-order valence-electron chi connectivity index (χ1n) is 11.5. The Bertz CT molecular complexity index is 1240. The van der Waals surface area contributed by atoms with E-state index in [9.17, 15) is 14.0 Å². The van der Waals surface area contributed by atoms with Crippen molar-refractivity contribution < 1.29 is 18.7 Å². The zero-order valence-electron chi connectivity index (χ0n) is 18.2. The number of likely N-dealkylation sites (tertiary alicyclic amines) is 1. The molecule has 8 heteroatoms. The van der Waals surface area contributed by atoms with Crippen molar-refractivity contribution in [3.63, 3.8) is 0 Å². The molecule has 1 aromatic heterocycles. The molecule has 170 valence electrons. The zero-order valence-corrected chi connectivity index (χ0v) is 18.2. The Labute approximate surface area is 190 Å². The summed E-state index contributed by atoms with van der Waals surface area (Å²) < 4.78 is 21.5. The largest absolute Gasteiger partial charge is 0.378 e. The van der Waals surface area contributed by atoms with E-state index in [0.29, 0.717) is 31.7 Å². The first-order valence-corrected chi connectivity index (χ1v) is 11.5. The Kier molecular flexibility index (Phi) is 4.90.